The van der Waals surface area contributed by atoms with E-state index in [1.54, 1.807) is 18.2 Å². The Hall–Kier alpha value is -2.59. The van der Waals surface area contributed by atoms with Gasteiger partial charge in [0.2, 0.25) is 0 Å². The summed E-state index contributed by atoms with van der Waals surface area (Å²) in [4.78, 5) is 15.2. The Morgan fingerprint density at radius 3 is 2.82 bits per heavy atom. The zero-order valence-corrected chi connectivity index (χ0v) is 12.2. The number of pyridine rings is 1. The summed E-state index contributed by atoms with van der Waals surface area (Å²) in [6.07, 6.45) is 0. The second-order valence-electron chi connectivity index (χ2n) is 4.78. The molecule has 0 aliphatic carbocycles. The number of hydrogen-bond acceptors (Lipinski definition) is 3. The van der Waals surface area contributed by atoms with E-state index >= 15 is 0 Å². The van der Waals surface area contributed by atoms with Crippen molar-refractivity contribution in [2.45, 2.75) is 6.61 Å². The molecule has 0 spiro atoms. The lowest BCUT2D eigenvalue weighted by molar-refractivity contribution is 0.0696. The van der Waals surface area contributed by atoms with Crippen LogP contribution in [0.3, 0.4) is 0 Å². The van der Waals surface area contributed by atoms with Crippen LogP contribution in [0.25, 0.3) is 10.9 Å². The predicted octanol–water partition coefficient (Wildman–Crippen LogP) is 4.17. The number of benzene rings is 2. The van der Waals surface area contributed by atoms with E-state index in [1.165, 1.54) is 12.1 Å². The SMILES string of the molecule is O=C(O)c1cccc(OCc2ccc3nc(Cl)ccc3c2)c1. The fraction of sp³-hybridized carbons (Fsp3) is 0.0588. The summed E-state index contributed by atoms with van der Waals surface area (Å²) >= 11 is 5.86. The van der Waals surface area contributed by atoms with Crippen LogP contribution in [0.15, 0.2) is 54.6 Å². The minimum absolute atomic E-state index is 0.204. The molecule has 1 heterocycles. The second kappa shape index (κ2) is 6.03. The van der Waals surface area contributed by atoms with Crippen molar-refractivity contribution in [1.29, 1.82) is 0 Å². The molecule has 0 unspecified atom stereocenters. The largest absolute Gasteiger partial charge is 0.489 e. The average Bonchev–Trinajstić information content (AvgIpc) is 2.53. The monoisotopic (exact) mass is 313 g/mol. The Morgan fingerprint density at radius 2 is 2.00 bits per heavy atom. The zero-order chi connectivity index (χ0) is 15.5. The van der Waals surface area contributed by atoms with Crippen molar-refractivity contribution in [3.05, 3.63) is 70.9 Å². The minimum Gasteiger partial charge on any atom is -0.489 e. The van der Waals surface area contributed by atoms with Crippen LogP contribution in [0, 0.1) is 0 Å². The summed E-state index contributed by atoms with van der Waals surface area (Å²) in [5, 5.41) is 10.4. The van der Waals surface area contributed by atoms with Gasteiger partial charge in [0.1, 0.15) is 17.5 Å². The van der Waals surface area contributed by atoms with E-state index in [0.717, 1.165) is 16.5 Å². The minimum atomic E-state index is -0.973. The van der Waals surface area contributed by atoms with E-state index < -0.39 is 5.97 Å². The van der Waals surface area contributed by atoms with Crippen LogP contribution in [0.1, 0.15) is 15.9 Å². The zero-order valence-electron chi connectivity index (χ0n) is 11.5. The molecule has 0 bridgehead atoms. The number of ether oxygens (including phenoxy) is 1. The third kappa shape index (κ3) is 3.18. The molecule has 0 atom stereocenters. The summed E-state index contributed by atoms with van der Waals surface area (Å²) in [5.41, 5.74) is 2.00. The van der Waals surface area contributed by atoms with Crippen molar-refractivity contribution in [2.75, 3.05) is 0 Å². The Kier molecular flexibility index (Phi) is 3.94. The van der Waals surface area contributed by atoms with Gasteiger partial charge in [0, 0.05) is 5.39 Å². The van der Waals surface area contributed by atoms with Gasteiger partial charge in [-0.25, -0.2) is 9.78 Å². The standard InChI is InChI=1S/C17H12ClNO3/c18-16-7-5-12-8-11(4-6-15(12)19-16)10-22-14-3-1-2-13(9-14)17(20)21/h1-9H,10H2,(H,20,21). The first-order chi connectivity index (χ1) is 10.6. The van der Waals surface area contributed by atoms with Crippen LogP contribution in [0.4, 0.5) is 0 Å². The molecule has 0 fully saturated rings. The van der Waals surface area contributed by atoms with E-state index in [4.69, 9.17) is 21.4 Å². The smallest absolute Gasteiger partial charge is 0.335 e. The van der Waals surface area contributed by atoms with Crippen molar-refractivity contribution in [1.82, 2.24) is 4.98 Å². The topological polar surface area (TPSA) is 59.4 Å². The number of halogens is 1. The first kappa shape index (κ1) is 14.4. The number of rotatable bonds is 4. The van der Waals surface area contributed by atoms with Gasteiger partial charge in [0.15, 0.2) is 0 Å². The predicted molar refractivity (Wildman–Crippen MR) is 84.5 cm³/mol. The maximum absolute atomic E-state index is 10.9. The van der Waals surface area contributed by atoms with Crippen LogP contribution >= 0.6 is 11.6 Å². The molecule has 4 nitrogen and oxygen atoms in total. The average molecular weight is 314 g/mol. The molecule has 5 heteroatoms. The highest BCUT2D eigenvalue weighted by Gasteiger charge is 2.04. The Bertz CT molecular complexity index is 848. The molecule has 22 heavy (non-hydrogen) atoms. The normalized spacial score (nSPS) is 10.6. The summed E-state index contributed by atoms with van der Waals surface area (Å²) < 4.78 is 5.65. The van der Waals surface area contributed by atoms with Gasteiger partial charge >= 0.3 is 5.97 Å². The first-order valence-electron chi connectivity index (χ1n) is 6.63. The Balaban J connectivity index is 1.77. The van der Waals surface area contributed by atoms with Gasteiger partial charge in [0.25, 0.3) is 0 Å². The van der Waals surface area contributed by atoms with Gasteiger partial charge < -0.3 is 9.84 Å². The highest BCUT2D eigenvalue weighted by atomic mass is 35.5. The molecule has 0 saturated carbocycles. The lowest BCUT2D eigenvalue weighted by Gasteiger charge is -2.08. The molecule has 110 valence electrons. The number of carboxylic acids is 1. The Morgan fingerprint density at radius 1 is 1.14 bits per heavy atom. The van der Waals surface area contributed by atoms with E-state index in [0.29, 0.717) is 17.5 Å². The number of carbonyl (C=O) groups is 1. The molecule has 0 saturated heterocycles. The molecular weight excluding hydrogens is 302 g/mol. The molecular formula is C17H12ClNO3. The molecule has 1 aromatic heterocycles. The number of nitrogens with zero attached hydrogens (tertiary/aromatic N) is 1. The van der Waals surface area contributed by atoms with Crippen molar-refractivity contribution in [3.63, 3.8) is 0 Å². The van der Waals surface area contributed by atoms with Gasteiger partial charge in [-0.1, -0.05) is 23.7 Å². The third-order valence-corrected chi connectivity index (χ3v) is 3.42. The lowest BCUT2D eigenvalue weighted by atomic mass is 10.1. The highest BCUT2D eigenvalue weighted by molar-refractivity contribution is 6.29. The maximum atomic E-state index is 10.9. The summed E-state index contributed by atoms with van der Waals surface area (Å²) in [5.74, 6) is -0.451. The molecule has 3 rings (SSSR count). The van der Waals surface area contributed by atoms with Gasteiger partial charge in [-0.05, 0) is 48.0 Å². The van der Waals surface area contributed by atoms with Crippen LogP contribution in [-0.4, -0.2) is 16.1 Å². The number of fused-ring (bicyclic) bond motifs is 1. The number of aromatic nitrogens is 1. The molecule has 0 aliphatic rings. The first-order valence-corrected chi connectivity index (χ1v) is 7.01. The summed E-state index contributed by atoms with van der Waals surface area (Å²) in [6.45, 7) is 0.349. The maximum Gasteiger partial charge on any atom is 0.335 e. The molecule has 2 aromatic carbocycles. The quantitative estimate of drug-likeness (QED) is 0.735. The molecule has 0 radical (unpaired) electrons. The van der Waals surface area contributed by atoms with Crippen LogP contribution < -0.4 is 4.74 Å². The van der Waals surface area contributed by atoms with E-state index in [-0.39, 0.29) is 5.56 Å². The number of aromatic carboxylic acids is 1. The van der Waals surface area contributed by atoms with Crippen molar-refractivity contribution in [2.24, 2.45) is 0 Å². The highest BCUT2D eigenvalue weighted by Crippen LogP contribution is 2.19. The number of carboxylic acid groups (broad SMARTS) is 1. The van der Waals surface area contributed by atoms with Crippen molar-refractivity contribution >= 4 is 28.5 Å². The second-order valence-corrected chi connectivity index (χ2v) is 5.17. The van der Waals surface area contributed by atoms with Gasteiger partial charge in [-0.15, -0.1) is 0 Å². The van der Waals surface area contributed by atoms with Gasteiger partial charge in [0.05, 0.1) is 11.1 Å². The summed E-state index contributed by atoms with van der Waals surface area (Å²) in [6, 6.07) is 15.8. The van der Waals surface area contributed by atoms with E-state index in [2.05, 4.69) is 4.98 Å². The van der Waals surface area contributed by atoms with E-state index in [1.807, 2.05) is 24.3 Å². The van der Waals surface area contributed by atoms with Crippen LogP contribution in [0.2, 0.25) is 5.15 Å². The third-order valence-electron chi connectivity index (χ3n) is 3.21. The van der Waals surface area contributed by atoms with Crippen molar-refractivity contribution in [3.8, 4) is 5.75 Å². The molecule has 0 aliphatic heterocycles. The van der Waals surface area contributed by atoms with Crippen LogP contribution in [-0.2, 0) is 6.61 Å². The number of hydrogen-bond donors (Lipinski definition) is 1. The fourth-order valence-corrected chi connectivity index (χ4v) is 2.28. The Labute approximate surface area is 131 Å². The molecule has 3 aromatic rings. The molecule has 0 amide bonds. The van der Waals surface area contributed by atoms with Gasteiger partial charge in [-0.2, -0.15) is 0 Å². The summed E-state index contributed by atoms with van der Waals surface area (Å²) in [7, 11) is 0. The van der Waals surface area contributed by atoms with E-state index in [9.17, 15) is 4.79 Å². The van der Waals surface area contributed by atoms with Crippen molar-refractivity contribution < 1.29 is 14.6 Å². The van der Waals surface area contributed by atoms with Gasteiger partial charge in [-0.3, -0.25) is 0 Å². The van der Waals surface area contributed by atoms with Crippen LogP contribution in [0.5, 0.6) is 5.75 Å². The fourth-order valence-electron chi connectivity index (χ4n) is 2.13. The molecule has 1 N–H and O–H groups in total. The lowest BCUT2D eigenvalue weighted by Crippen LogP contribution is -1.99.